The highest BCUT2D eigenvalue weighted by atomic mass is 79.9. The molecule has 2 nitrogen and oxygen atoms in total. The maximum atomic E-state index is 13.3. The van der Waals surface area contributed by atoms with E-state index in [4.69, 9.17) is 0 Å². The number of nitrogens with zero attached hydrogens (tertiary/aromatic N) is 1. The van der Waals surface area contributed by atoms with Gasteiger partial charge in [0.2, 0.25) is 5.82 Å². The molecule has 0 bridgehead atoms. The van der Waals surface area contributed by atoms with Crippen LogP contribution in [0.15, 0.2) is 22.8 Å². The molecule has 8 heteroatoms. The second kappa shape index (κ2) is 5.12. The van der Waals surface area contributed by atoms with Crippen molar-refractivity contribution in [2.24, 2.45) is 0 Å². The molecule has 0 aliphatic rings. The lowest BCUT2D eigenvalue weighted by atomic mass is 10.2. The van der Waals surface area contributed by atoms with Crippen LogP contribution < -0.4 is 5.32 Å². The number of rotatable bonds is 2. The van der Waals surface area contributed by atoms with E-state index in [1.54, 1.807) is 0 Å². The minimum Gasteiger partial charge on any atom is -0.335 e. The number of pyridine rings is 1. The fourth-order valence-electron chi connectivity index (χ4n) is 1.29. The molecule has 19 heavy (non-hydrogen) atoms. The third-order valence-corrected chi connectivity index (χ3v) is 2.66. The number of benzene rings is 1. The Morgan fingerprint density at radius 3 is 1.84 bits per heavy atom. The van der Waals surface area contributed by atoms with Crippen molar-refractivity contribution in [1.82, 2.24) is 4.98 Å². The predicted octanol–water partition coefficient (Wildman–Crippen LogP) is 4.28. The molecule has 0 unspecified atom stereocenters. The molecule has 0 saturated heterocycles. The Hall–Kier alpha value is -1.70. The molecule has 1 N–H and O–H groups in total. The topological polar surface area (TPSA) is 24.9 Å². The maximum Gasteiger partial charge on any atom is 0.200 e. The first-order valence-corrected chi connectivity index (χ1v) is 5.61. The highest BCUT2D eigenvalue weighted by Crippen LogP contribution is 2.29. The molecule has 0 aliphatic carbocycles. The fourth-order valence-corrected chi connectivity index (χ4v) is 1.53. The molecule has 2 aromatic rings. The number of nitrogens with one attached hydrogen (secondary N) is 1. The molecule has 2 rings (SSSR count). The van der Waals surface area contributed by atoms with Crippen LogP contribution in [-0.2, 0) is 0 Å². The molecular weight excluding hydrogens is 335 g/mol. The van der Waals surface area contributed by atoms with Crippen molar-refractivity contribution in [2.45, 2.75) is 0 Å². The summed E-state index contributed by atoms with van der Waals surface area (Å²) < 4.78 is 66.0. The van der Waals surface area contributed by atoms with Gasteiger partial charge in [0.25, 0.3) is 0 Å². The molecule has 0 amide bonds. The van der Waals surface area contributed by atoms with Gasteiger partial charge < -0.3 is 5.32 Å². The Bertz CT molecular complexity index is 601. The minimum atomic E-state index is -2.20. The quantitative estimate of drug-likeness (QED) is 0.502. The van der Waals surface area contributed by atoms with Crippen LogP contribution in [0.2, 0.25) is 0 Å². The Morgan fingerprint density at radius 2 is 1.37 bits per heavy atom. The first-order chi connectivity index (χ1) is 8.91. The summed E-state index contributed by atoms with van der Waals surface area (Å²) in [6.07, 6.45) is 1.30. The van der Waals surface area contributed by atoms with E-state index < -0.39 is 34.8 Å². The van der Waals surface area contributed by atoms with E-state index in [9.17, 15) is 22.0 Å². The molecule has 0 saturated carbocycles. The van der Waals surface area contributed by atoms with Crippen molar-refractivity contribution in [1.29, 1.82) is 0 Å². The van der Waals surface area contributed by atoms with Gasteiger partial charge in [-0.15, -0.1) is 0 Å². The van der Waals surface area contributed by atoms with Crippen LogP contribution in [-0.4, -0.2) is 4.98 Å². The smallest absolute Gasteiger partial charge is 0.200 e. The number of aromatic nitrogens is 1. The maximum absolute atomic E-state index is 13.3. The van der Waals surface area contributed by atoms with Gasteiger partial charge in [-0.3, -0.25) is 0 Å². The molecule has 0 spiro atoms. The Morgan fingerprint density at radius 1 is 0.842 bits per heavy atom. The Balaban J connectivity index is 2.48. The summed E-state index contributed by atoms with van der Waals surface area (Å²) in [6.45, 7) is 0. The summed E-state index contributed by atoms with van der Waals surface area (Å²) in [6, 6.07) is 2.80. The standard InChI is InChI=1S/C11H4BrF5N2/c12-4-1-2-5(18-3-4)19-11-9(16)7(14)6(13)8(15)10(11)17/h1-3H,(H,18,19). The van der Waals surface area contributed by atoms with Crippen molar-refractivity contribution in [3.8, 4) is 0 Å². The van der Waals surface area contributed by atoms with Gasteiger partial charge in [0.1, 0.15) is 11.5 Å². The second-order valence-corrected chi connectivity index (χ2v) is 4.35. The van der Waals surface area contributed by atoms with Crippen LogP contribution in [0.25, 0.3) is 0 Å². The predicted molar refractivity (Wildman–Crippen MR) is 61.5 cm³/mol. The monoisotopic (exact) mass is 338 g/mol. The number of hydrogen-bond acceptors (Lipinski definition) is 2. The van der Waals surface area contributed by atoms with Crippen LogP contribution in [0.3, 0.4) is 0 Å². The molecule has 100 valence electrons. The first-order valence-electron chi connectivity index (χ1n) is 4.82. The summed E-state index contributed by atoms with van der Waals surface area (Å²) in [4.78, 5) is 3.71. The van der Waals surface area contributed by atoms with E-state index >= 15 is 0 Å². The van der Waals surface area contributed by atoms with E-state index in [1.165, 1.54) is 18.3 Å². The summed E-state index contributed by atoms with van der Waals surface area (Å²) >= 11 is 3.08. The van der Waals surface area contributed by atoms with Gasteiger partial charge in [0.05, 0.1) is 0 Å². The number of halogens is 6. The molecule has 0 fully saturated rings. The normalized spacial score (nSPS) is 10.6. The van der Waals surface area contributed by atoms with Crippen LogP contribution in [0.4, 0.5) is 33.5 Å². The zero-order valence-electron chi connectivity index (χ0n) is 8.95. The highest BCUT2D eigenvalue weighted by molar-refractivity contribution is 9.10. The molecule has 0 radical (unpaired) electrons. The average Bonchev–Trinajstić information content (AvgIpc) is 2.41. The number of anilines is 2. The third kappa shape index (κ3) is 2.53. The third-order valence-electron chi connectivity index (χ3n) is 2.19. The lowest BCUT2D eigenvalue weighted by Gasteiger charge is -2.10. The van der Waals surface area contributed by atoms with Crippen LogP contribution in [0, 0.1) is 29.1 Å². The van der Waals surface area contributed by atoms with Crippen molar-refractivity contribution in [3.63, 3.8) is 0 Å². The van der Waals surface area contributed by atoms with Crippen LogP contribution >= 0.6 is 15.9 Å². The van der Waals surface area contributed by atoms with Crippen LogP contribution in [0.5, 0.6) is 0 Å². The van der Waals surface area contributed by atoms with Crippen LogP contribution in [0.1, 0.15) is 0 Å². The van der Waals surface area contributed by atoms with Gasteiger partial charge in [0, 0.05) is 10.7 Å². The lowest BCUT2D eigenvalue weighted by Crippen LogP contribution is -2.07. The largest absolute Gasteiger partial charge is 0.335 e. The fraction of sp³-hybridized carbons (Fsp3) is 0. The summed E-state index contributed by atoms with van der Waals surface area (Å²) in [7, 11) is 0. The van der Waals surface area contributed by atoms with Gasteiger partial charge in [-0.05, 0) is 28.1 Å². The van der Waals surface area contributed by atoms with Gasteiger partial charge in [0.15, 0.2) is 23.3 Å². The van der Waals surface area contributed by atoms with E-state index in [-0.39, 0.29) is 5.82 Å². The minimum absolute atomic E-state index is 0.0635. The van der Waals surface area contributed by atoms with E-state index in [1.807, 2.05) is 5.32 Å². The first kappa shape index (κ1) is 13.7. The SMILES string of the molecule is Fc1c(F)c(F)c(Nc2ccc(Br)cn2)c(F)c1F. The van der Waals surface area contributed by atoms with E-state index in [0.29, 0.717) is 4.47 Å². The Kier molecular flexibility index (Phi) is 3.70. The van der Waals surface area contributed by atoms with E-state index in [0.717, 1.165) is 0 Å². The van der Waals surface area contributed by atoms with Gasteiger partial charge in [-0.25, -0.2) is 26.9 Å². The molecule has 0 atom stereocenters. The zero-order chi connectivity index (χ0) is 14.2. The van der Waals surface area contributed by atoms with Crippen molar-refractivity contribution >= 4 is 27.4 Å². The average molecular weight is 339 g/mol. The molecule has 1 aromatic carbocycles. The van der Waals surface area contributed by atoms with Crippen molar-refractivity contribution in [3.05, 3.63) is 51.9 Å². The summed E-state index contributed by atoms with van der Waals surface area (Å²) in [5, 5.41) is 2.05. The van der Waals surface area contributed by atoms with Crippen molar-refractivity contribution < 1.29 is 22.0 Å². The highest BCUT2D eigenvalue weighted by Gasteiger charge is 2.25. The van der Waals surface area contributed by atoms with Gasteiger partial charge in [-0.1, -0.05) is 0 Å². The molecule has 0 aliphatic heterocycles. The second-order valence-electron chi connectivity index (χ2n) is 3.43. The van der Waals surface area contributed by atoms with Crippen molar-refractivity contribution in [2.75, 3.05) is 5.32 Å². The molecular formula is C11H4BrF5N2. The van der Waals surface area contributed by atoms with Gasteiger partial charge >= 0.3 is 0 Å². The van der Waals surface area contributed by atoms with Gasteiger partial charge in [-0.2, -0.15) is 0 Å². The molecule has 1 aromatic heterocycles. The molecule has 1 heterocycles. The summed E-state index contributed by atoms with van der Waals surface area (Å²) in [5.41, 5.74) is -1.15. The Labute approximate surface area is 112 Å². The number of hydrogen-bond donors (Lipinski definition) is 1. The van der Waals surface area contributed by atoms with E-state index in [2.05, 4.69) is 20.9 Å². The zero-order valence-corrected chi connectivity index (χ0v) is 10.5. The summed E-state index contributed by atoms with van der Waals surface area (Å²) in [5.74, 6) is -10.2. The lowest BCUT2D eigenvalue weighted by molar-refractivity contribution is 0.382.